The molecule has 0 aliphatic carbocycles. The number of carbonyl (C=O) groups is 2. The van der Waals surface area contributed by atoms with Crippen LogP contribution in [0.1, 0.15) is 0 Å². The third-order valence-electron chi connectivity index (χ3n) is 1.01. The number of carbonyl (C=O) groups excluding carboxylic acids is 2. The maximum Gasteiger partial charge on any atom is 0.404 e. The van der Waals surface area contributed by atoms with Crippen LogP contribution in [-0.2, 0) is 9.53 Å². The number of amides is 2. The molecule has 0 fully saturated rings. The van der Waals surface area contributed by atoms with E-state index in [-0.39, 0.29) is 25.6 Å². The zero-order valence-electron chi connectivity index (χ0n) is 6.92. The van der Waals surface area contributed by atoms with Crippen LogP contribution in [0.5, 0.6) is 0 Å². The second kappa shape index (κ2) is 6.41. The van der Waals surface area contributed by atoms with Gasteiger partial charge >= 0.3 is 6.09 Å². The average Bonchev–Trinajstić information content (AvgIpc) is 1.98. The van der Waals surface area contributed by atoms with E-state index in [0.717, 1.165) is 0 Å². The van der Waals surface area contributed by atoms with Gasteiger partial charge in [-0.1, -0.05) is 0 Å². The number of hydrogen-bond donors (Lipinski definition) is 3. The van der Waals surface area contributed by atoms with Crippen LogP contribution in [0.15, 0.2) is 0 Å². The van der Waals surface area contributed by atoms with E-state index in [4.69, 9.17) is 0 Å². The largest absolute Gasteiger partial charge is 0.448 e. The molecule has 0 aromatic carbocycles. The van der Waals surface area contributed by atoms with E-state index in [2.05, 4.69) is 21.1 Å². The molecule has 0 bridgehead atoms. The third-order valence-corrected chi connectivity index (χ3v) is 1.01. The Balaban J connectivity index is 3.19. The molecule has 0 atom stereocenters. The molecule has 0 radical (unpaired) electrons. The fourth-order valence-corrected chi connectivity index (χ4v) is 0.565. The van der Waals surface area contributed by atoms with Crippen molar-refractivity contribution in [1.82, 2.24) is 10.6 Å². The van der Waals surface area contributed by atoms with E-state index in [1.807, 2.05) is 0 Å². The molecule has 0 aromatic heterocycles. The molecule has 0 spiro atoms. The van der Waals surface area contributed by atoms with Crippen molar-refractivity contribution in [3.05, 3.63) is 0 Å². The lowest BCUT2D eigenvalue weighted by atomic mass is 10.5. The maximum absolute atomic E-state index is 10.7. The van der Waals surface area contributed by atoms with Crippen LogP contribution in [0.2, 0.25) is 0 Å². The number of nitrogens with one attached hydrogen (secondary N) is 2. The van der Waals surface area contributed by atoms with Crippen LogP contribution in [-0.4, -0.2) is 38.7 Å². The van der Waals surface area contributed by atoms with Crippen molar-refractivity contribution in [3.8, 4) is 0 Å². The smallest absolute Gasteiger partial charge is 0.404 e. The second-order valence-electron chi connectivity index (χ2n) is 2.05. The van der Waals surface area contributed by atoms with Crippen molar-refractivity contribution < 1.29 is 14.3 Å². The molecular formula is C6H13N3O3. The first-order valence-corrected chi connectivity index (χ1v) is 3.50. The zero-order chi connectivity index (χ0) is 9.40. The number of ether oxygens (including phenoxy) is 1. The Morgan fingerprint density at radius 1 is 1.50 bits per heavy atom. The van der Waals surface area contributed by atoms with Gasteiger partial charge in [-0.25, -0.2) is 4.79 Å². The van der Waals surface area contributed by atoms with Crippen molar-refractivity contribution in [2.45, 2.75) is 0 Å². The Morgan fingerprint density at radius 3 is 2.67 bits per heavy atom. The number of rotatable bonds is 5. The van der Waals surface area contributed by atoms with Crippen molar-refractivity contribution in [2.75, 3.05) is 26.7 Å². The molecule has 6 heteroatoms. The van der Waals surface area contributed by atoms with Crippen molar-refractivity contribution in [3.63, 3.8) is 0 Å². The average molecular weight is 175 g/mol. The monoisotopic (exact) mass is 175 g/mol. The lowest BCUT2D eigenvalue weighted by molar-refractivity contribution is -0.120. The first-order chi connectivity index (χ1) is 5.66. The van der Waals surface area contributed by atoms with Crippen LogP contribution in [0.4, 0.5) is 4.79 Å². The van der Waals surface area contributed by atoms with E-state index in [9.17, 15) is 9.59 Å². The molecule has 0 aliphatic heterocycles. The summed E-state index contributed by atoms with van der Waals surface area (Å²) >= 11 is 0. The zero-order valence-corrected chi connectivity index (χ0v) is 6.92. The van der Waals surface area contributed by atoms with Gasteiger partial charge in [0.1, 0.15) is 6.61 Å². The molecule has 2 amide bonds. The quantitative estimate of drug-likeness (QED) is 0.439. The predicted octanol–water partition coefficient (Wildman–Crippen LogP) is -1.58. The summed E-state index contributed by atoms with van der Waals surface area (Å²) in [7, 11) is 1.67. The molecule has 4 N–H and O–H groups in total. The van der Waals surface area contributed by atoms with Gasteiger partial charge in [-0.3, -0.25) is 4.79 Å². The van der Waals surface area contributed by atoms with E-state index < -0.39 is 6.09 Å². The summed E-state index contributed by atoms with van der Waals surface area (Å²) in [5.41, 5.74) is 4.68. The van der Waals surface area contributed by atoms with E-state index in [0.29, 0.717) is 0 Å². The fraction of sp³-hybridized carbons (Fsp3) is 0.667. The normalized spacial score (nSPS) is 9.08. The predicted molar refractivity (Wildman–Crippen MR) is 42.5 cm³/mol. The van der Waals surface area contributed by atoms with Crippen LogP contribution >= 0.6 is 0 Å². The number of nitrogens with two attached hydrogens (primary N) is 1. The lowest BCUT2D eigenvalue weighted by Crippen LogP contribution is -2.34. The Kier molecular flexibility index (Phi) is 5.72. The molecule has 6 nitrogen and oxygen atoms in total. The standard InChI is InChI=1S/C6H13N3O3/c1-8-4-5(10)9-2-3-12-6(7)11/h8H,2-4H2,1H3,(H2,7,11)(H,9,10). The molecule has 0 aromatic rings. The summed E-state index contributed by atoms with van der Waals surface area (Å²) in [5.74, 6) is -0.148. The number of likely N-dealkylation sites (N-methyl/N-ethyl adjacent to an activating group) is 1. The Hall–Kier alpha value is -1.30. The summed E-state index contributed by atoms with van der Waals surface area (Å²) in [4.78, 5) is 20.8. The maximum atomic E-state index is 10.7. The highest BCUT2D eigenvalue weighted by molar-refractivity contribution is 5.77. The lowest BCUT2D eigenvalue weighted by Gasteiger charge is -2.03. The Labute approximate surface area is 70.4 Å². The minimum atomic E-state index is -0.835. The van der Waals surface area contributed by atoms with Gasteiger partial charge in [0.15, 0.2) is 0 Å². The highest BCUT2D eigenvalue weighted by Crippen LogP contribution is 1.71. The third kappa shape index (κ3) is 6.81. The summed E-state index contributed by atoms with van der Waals surface area (Å²) in [6.45, 7) is 0.630. The topological polar surface area (TPSA) is 93.4 Å². The minimum Gasteiger partial charge on any atom is -0.448 e. The van der Waals surface area contributed by atoms with Crippen LogP contribution < -0.4 is 16.4 Å². The van der Waals surface area contributed by atoms with Crippen molar-refractivity contribution in [2.24, 2.45) is 5.73 Å². The van der Waals surface area contributed by atoms with Crippen LogP contribution in [0.3, 0.4) is 0 Å². The first-order valence-electron chi connectivity index (χ1n) is 3.50. The van der Waals surface area contributed by atoms with E-state index >= 15 is 0 Å². The van der Waals surface area contributed by atoms with Crippen LogP contribution in [0, 0.1) is 0 Å². The first kappa shape index (κ1) is 10.7. The molecule has 0 saturated carbocycles. The van der Waals surface area contributed by atoms with Gasteiger partial charge in [-0.15, -0.1) is 0 Å². The van der Waals surface area contributed by atoms with Gasteiger partial charge in [0.05, 0.1) is 13.1 Å². The summed E-state index contributed by atoms with van der Waals surface area (Å²) in [6.07, 6.45) is -0.835. The highest BCUT2D eigenvalue weighted by atomic mass is 16.5. The summed E-state index contributed by atoms with van der Waals surface area (Å²) < 4.78 is 4.37. The summed E-state index contributed by atoms with van der Waals surface area (Å²) in [6, 6.07) is 0. The molecule has 0 aliphatic rings. The van der Waals surface area contributed by atoms with E-state index in [1.54, 1.807) is 7.05 Å². The van der Waals surface area contributed by atoms with Crippen molar-refractivity contribution in [1.29, 1.82) is 0 Å². The molecule has 0 heterocycles. The Morgan fingerprint density at radius 2 is 2.17 bits per heavy atom. The molecule has 0 saturated heterocycles. The molecule has 0 unspecified atom stereocenters. The van der Waals surface area contributed by atoms with E-state index in [1.165, 1.54) is 0 Å². The van der Waals surface area contributed by atoms with Gasteiger partial charge in [0, 0.05) is 0 Å². The van der Waals surface area contributed by atoms with Gasteiger partial charge in [0.2, 0.25) is 5.91 Å². The SMILES string of the molecule is CNCC(=O)NCCOC(N)=O. The van der Waals surface area contributed by atoms with Crippen molar-refractivity contribution >= 4 is 12.0 Å². The van der Waals surface area contributed by atoms with Gasteiger partial charge < -0.3 is 21.1 Å². The number of hydrogen-bond acceptors (Lipinski definition) is 4. The van der Waals surface area contributed by atoms with Gasteiger partial charge in [-0.2, -0.15) is 0 Å². The Bertz CT molecular complexity index is 160. The summed E-state index contributed by atoms with van der Waals surface area (Å²) in [5, 5.41) is 5.18. The highest BCUT2D eigenvalue weighted by Gasteiger charge is 1.97. The fourth-order valence-electron chi connectivity index (χ4n) is 0.565. The molecule has 0 rings (SSSR count). The minimum absolute atomic E-state index is 0.102. The van der Waals surface area contributed by atoms with Gasteiger partial charge in [-0.05, 0) is 7.05 Å². The van der Waals surface area contributed by atoms with Crippen LogP contribution in [0.25, 0.3) is 0 Å². The molecular weight excluding hydrogens is 162 g/mol. The molecule has 12 heavy (non-hydrogen) atoms. The van der Waals surface area contributed by atoms with Gasteiger partial charge in [0.25, 0.3) is 0 Å². The number of primary amides is 1. The second-order valence-corrected chi connectivity index (χ2v) is 2.05. The molecule has 70 valence electrons.